The molecule has 2 aromatic rings. The normalized spacial score (nSPS) is 11.1. The number of nitrogen functional groups attached to an aromatic ring is 1. The Kier molecular flexibility index (Phi) is 7.24. The van der Waals surface area contributed by atoms with E-state index in [1.807, 2.05) is 13.8 Å². The number of nitrogens with zero attached hydrogens (tertiary/aromatic N) is 3. The van der Waals surface area contributed by atoms with Crippen molar-refractivity contribution in [1.29, 1.82) is 0 Å². The first-order valence-electron chi connectivity index (χ1n) is 9.24. The van der Waals surface area contributed by atoms with Crippen LogP contribution in [-0.4, -0.2) is 32.4 Å². The zero-order valence-electron chi connectivity index (χ0n) is 17.2. The Balaban J connectivity index is 2.17. The lowest BCUT2D eigenvalue weighted by Gasteiger charge is -2.16. The maximum atomic E-state index is 12.5. The molecule has 164 valence electrons. The largest absolute Gasteiger partial charge is 0.454 e. The molecule has 0 aliphatic rings. The maximum Gasteiger partial charge on any atom is 0.332 e. The average molecular weight is 430 g/mol. The Labute approximate surface area is 176 Å². The molecule has 2 rings (SSSR count). The van der Waals surface area contributed by atoms with Crippen LogP contribution >= 0.6 is 0 Å². The van der Waals surface area contributed by atoms with Crippen LogP contribution in [0.5, 0.6) is 0 Å². The van der Waals surface area contributed by atoms with Crippen molar-refractivity contribution in [3.05, 3.63) is 72.4 Å². The van der Waals surface area contributed by atoms with Crippen molar-refractivity contribution in [2.75, 3.05) is 12.3 Å². The van der Waals surface area contributed by atoms with Crippen LogP contribution < -0.4 is 17.0 Å². The van der Waals surface area contributed by atoms with Crippen molar-refractivity contribution >= 4 is 29.3 Å². The van der Waals surface area contributed by atoms with Gasteiger partial charge in [0.25, 0.3) is 11.2 Å². The Morgan fingerprint density at radius 1 is 1.29 bits per heavy atom. The van der Waals surface area contributed by atoms with Crippen LogP contribution in [0.3, 0.4) is 0 Å². The van der Waals surface area contributed by atoms with E-state index in [-0.39, 0.29) is 24.0 Å². The van der Waals surface area contributed by atoms with Crippen LogP contribution in [0.1, 0.15) is 29.8 Å². The van der Waals surface area contributed by atoms with Gasteiger partial charge in [0.15, 0.2) is 6.61 Å². The molecule has 0 bridgehead atoms. The number of nitro groups is 1. The van der Waals surface area contributed by atoms with Gasteiger partial charge in [0.05, 0.1) is 4.92 Å². The Morgan fingerprint density at radius 3 is 2.58 bits per heavy atom. The van der Waals surface area contributed by atoms with Crippen LogP contribution in [0.2, 0.25) is 0 Å². The number of hydrogen-bond acceptors (Lipinski definition) is 8. The number of hydrogen-bond donors (Lipinski definition) is 1. The number of ether oxygens (including phenoxy) is 1. The monoisotopic (exact) mass is 430 g/mol. The molecule has 0 spiro atoms. The lowest BCUT2D eigenvalue weighted by Crippen LogP contribution is -2.43. The summed E-state index contributed by atoms with van der Waals surface area (Å²) in [6.07, 6.45) is 2.28. The number of carbonyl (C=O) groups excluding carboxylic acids is 2. The second kappa shape index (κ2) is 9.65. The first-order chi connectivity index (χ1) is 14.5. The van der Waals surface area contributed by atoms with Gasteiger partial charge in [-0.15, -0.1) is 0 Å². The van der Waals surface area contributed by atoms with Crippen LogP contribution in [0, 0.1) is 16.0 Å². The summed E-state index contributed by atoms with van der Waals surface area (Å²) in [5, 5.41) is 10.8. The molecule has 0 saturated heterocycles. The number of non-ortho nitro benzene ring substituents is 1. The minimum Gasteiger partial charge on any atom is -0.454 e. The Bertz CT molecular complexity index is 1180. The van der Waals surface area contributed by atoms with Gasteiger partial charge in [-0.3, -0.25) is 28.8 Å². The van der Waals surface area contributed by atoms with Crippen LogP contribution in [0.4, 0.5) is 11.5 Å². The molecule has 0 aliphatic heterocycles. The molecular weight excluding hydrogens is 408 g/mol. The molecule has 11 nitrogen and oxygen atoms in total. The lowest BCUT2D eigenvalue weighted by atomic mass is 10.1. The molecule has 0 unspecified atom stereocenters. The van der Waals surface area contributed by atoms with Crippen molar-refractivity contribution in [3.8, 4) is 0 Å². The zero-order chi connectivity index (χ0) is 23.3. The van der Waals surface area contributed by atoms with Crippen molar-refractivity contribution in [3.63, 3.8) is 0 Å². The van der Waals surface area contributed by atoms with Crippen molar-refractivity contribution < 1.29 is 19.2 Å². The summed E-state index contributed by atoms with van der Waals surface area (Å²) < 4.78 is 6.76. The van der Waals surface area contributed by atoms with Gasteiger partial charge in [-0.25, -0.2) is 9.59 Å². The summed E-state index contributed by atoms with van der Waals surface area (Å²) >= 11 is 0. The molecule has 2 N–H and O–H groups in total. The lowest BCUT2D eigenvalue weighted by molar-refractivity contribution is -0.384. The molecule has 0 atom stereocenters. The van der Waals surface area contributed by atoms with E-state index in [1.54, 1.807) is 6.07 Å². The summed E-state index contributed by atoms with van der Waals surface area (Å²) in [7, 11) is 1.23. The molecular formula is C20H22N4O7. The summed E-state index contributed by atoms with van der Waals surface area (Å²) in [5.41, 5.74) is 4.18. The number of ketones is 1. The van der Waals surface area contributed by atoms with E-state index < -0.39 is 40.1 Å². The number of Topliss-reactive ketones (excluding diaryl/α,β-unsaturated/α-hetero) is 1. The van der Waals surface area contributed by atoms with E-state index in [0.29, 0.717) is 5.56 Å². The van der Waals surface area contributed by atoms with Crippen molar-refractivity contribution in [2.24, 2.45) is 13.0 Å². The number of carbonyl (C=O) groups is 2. The summed E-state index contributed by atoms with van der Waals surface area (Å²) in [6, 6.07) is 5.57. The standard InChI is InChI=1S/C20H22N4O7/c1-12(2)10-23-18(21)17(19(27)22(3)20(23)28)15(25)11-31-16(26)8-7-13-5-4-6-14(9-13)24(29)30/h4-9,12H,10-11,21H2,1-3H3. The van der Waals surface area contributed by atoms with E-state index in [1.165, 1.54) is 31.3 Å². The highest BCUT2D eigenvalue weighted by Gasteiger charge is 2.22. The topological polar surface area (TPSA) is 157 Å². The molecule has 0 fully saturated rings. The summed E-state index contributed by atoms with van der Waals surface area (Å²) in [5.74, 6) is -2.01. The smallest absolute Gasteiger partial charge is 0.332 e. The molecule has 0 saturated carbocycles. The number of anilines is 1. The molecule has 1 heterocycles. The second-order valence-electron chi connectivity index (χ2n) is 7.13. The number of rotatable bonds is 8. The molecule has 1 aromatic heterocycles. The molecule has 31 heavy (non-hydrogen) atoms. The van der Waals surface area contributed by atoms with Gasteiger partial charge < -0.3 is 10.5 Å². The van der Waals surface area contributed by atoms with Gasteiger partial charge in [0.1, 0.15) is 11.4 Å². The maximum absolute atomic E-state index is 12.5. The van der Waals surface area contributed by atoms with Gasteiger partial charge in [-0.2, -0.15) is 0 Å². The fourth-order valence-electron chi connectivity index (χ4n) is 2.75. The predicted octanol–water partition coefficient (Wildman–Crippen LogP) is 1.13. The predicted molar refractivity (Wildman–Crippen MR) is 113 cm³/mol. The third-order valence-electron chi connectivity index (χ3n) is 4.25. The van der Waals surface area contributed by atoms with Gasteiger partial charge in [0, 0.05) is 31.8 Å². The van der Waals surface area contributed by atoms with E-state index in [9.17, 15) is 29.3 Å². The highest BCUT2D eigenvalue weighted by molar-refractivity contribution is 6.01. The van der Waals surface area contributed by atoms with Gasteiger partial charge in [-0.05, 0) is 17.6 Å². The quantitative estimate of drug-likeness (QED) is 0.215. The van der Waals surface area contributed by atoms with Gasteiger partial charge >= 0.3 is 11.7 Å². The van der Waals surface area contributed by atoms with Crippen LogP contribution in [0.15, 0.2) is 39.9 Å². The van der Waals surface area contributed by atoms with Crippen LogP contribution in [-0.2, 0) is 23.1 Å². The highest BCUT2D eigenvalue weighted by Crippen LogP contribution is 2.14. The molecule has 11 heteroatoms. The molecule has 0 amide bonds. The van der Waals surface area contributed by atoms with Crippen LogP contribution in [0.25, 0.3) is 6.08 Å². The number of esters is 1. The first-order valence-corrected chi connectivity index (χ1v) is 9.24. The summed E-state index contributed by atoms with van der Waals surface area (Å²) in [4.78, 5) is 59.3. The SMILES string of the molecule is CC(C)Cn1c(N)c(C(=O)COC(=O)C=Cc2cccc([N+](=O)[O-])c2)c(=O)n(C)c1=O. The van der Waals surface area contributed by atoms with E-state index in [4.69, 9.17) is 10.5 Å². The minimum absolute atomic E-state index is 0.0252. The minimum atomic E-state index is -0.897. The van der Waals surface area contributed by atoms with Gasteiger partial charge in [-0.1, -0.05) is 26.0 Å². The Hall–Kier alpha value is -4.02. The molecule has 0 aliphatic carbocycles. The number of benzene rings is 1. The second-order valence-corrected chi connectivity index (χ2v) is 7.13. The summed E-state index contributed by atoms with van der Waals surface area (Å²) in [6.45, 7) is 3.12. The van der Waals surface area contributed by atoms with Gasteiger partial charge in [0.2, 0.25) is 5.78 Å². The molecule has 1 aromatic carbocycles. The first kappa shape index (κ1) is 23.3. The van der Waals surface area contributed by atoms with E-state index in [2.05, 4.69) is 0 Å². The highest BCUT2D eigenvalue weighted by atomic mass is 16.6. The number of nitro benzene ring substituents is 1. The van der Waals surface area contributed by atoms with E-state index >= 15 is 0 Å². The zero-order valence-corrected chi connectivity index (χ0v) is 17.2. The third kappa shape index (κ3) is 5.53. The fraction of sp³-hybridized carbons (Fsp3) is 0.300. The van der Waals surface area contributed by atoms with Crippen molar-refractivity contribution in [2.45, 2.75) is 20.4 Å². The fourth-order valence-corrected chi connectivity index (χ4v) is 2.75. The Morgan fingerprint density at radius 2 is 1.97 bits per heavy atom. The number of nitrogens with two attached hydrogens (primary N) is 1. The van der Waals surface area contributed by atoms with Crippen molar-refractivity contribution in [1.82, 2.24) is 9.13 Å². The molecule has 0 radical (unpaired) electrons. The van der Waals surface area contributed by atoms with E-state index in [0.717, 1.165) is 15.2 Å². The average Bonchev–Trinajstić information content (AvgIpc) is 2.72. The third-order valence-corrected chi connectivity index (χ3v) is 4.25. The number of aromatic nitrogens is 2.